The summed E-state index contributed by atoms with van der Waals surface area (Å²) in [5, 5.41) is 5.63. The van der Waals surface area contributed by atoms with Crippen LogP contribution in [0.1, 0.15) is 45.2 Å². The molecule has 0 bridgehead atoms. The number of benzene rings is 2. The topological polar surface area (TPSA) is 128 Å². The van der Waals surface area contributed by atoms with Crippen LogP contribution in [0.15, 0.2) is 48.8 Å². The minimum atomic E-state index is -0.786. The van der Waals surface area contributed by atoms with E-state index in [1.54, 1.807) is 49.4 Å². The van der Waals surface area contributed by atoms with Gasteiger partial charge in [0.15, 0.2) is 5.69 Å². The molecule has 0 unspecified atom stereocenters. The Morgan fingerprint density at radius 3 is 2.41 bits per heavy atom. The van der Waals surface area contributed by atoms with Crippen molar-refractivity contribution in [1.29, 1.82) is 0 Å². The molecule has 0 aliphatic carbocycles. The molecule has 2 aromatic carbocycles. The lowest BCUT2D eigenvalue weighted by Gasteiger charge is -2.11. The number of carbonyl (C=O) groups is 3. The number of amides is 3. The number of imidazole rings is 1. The molecule has 0 fully saturated rings. The highest BCUT2D eigenvalue weighted by Gasteiger charge is 2.22. The molecular formula is C22H22ClN5O4. The summed E-state index contributed by atoms with van der Waals surface area (Å²) in [7, 11) is 0. The SMILES string of the molecule is CCNC(=O)c1ncn(-c2ccc(NC(=O)c3ccc(OCC)cc3Cl)cc2)c1C(N)=O. The molecule has 166 valence electrons. The van der Waals surface area contributed by atoms with E-state index in [-0.39, 0.29) is 22.3 Å². The summed E-state index contributed by atoms with van der Waals surface area (Å²) in [6, 6.07) is 11.4. The Balaban J connectivity index is 1.81. The van der Waals surface area contributed by atoms with Gasteiger partial charge in [-0.1, -0.05) is 11.6 Å². The molecule has 0 spiro atoms. The number of nitrogens with two attached hydrogens (primary N) is 1. The van der Waals surface area contributed by atoms with Crippen LogP contribution in [-0.2, 0) is 0 Å². The number of hydrogen-bond donors (Lipinski definition) is 3. The third-order valence-electron chi connectivity index (χ3n) is 4.45. The van der Waals surface area contributed by atoms with Crippen LogP contribution in [0.25, 0.3) is 5.69 Å². The van der Waals surface area contributed by atoms with E-state index >= 15 is 0 Å². The number of ether oxygens (including phenoxy) is 1. The molecular weight excluding hydrogens is 434 g/mol. The summed E-state index contributed by atoms with van der Waals surface area (Å²) < 4.78 is 6.79. The van der Waals surface area contributed by atoms with Crippen molar-refractivity contribution in [3.63, 3.8) is 0 Å². The Labute approximate surface area is 189 Å². The summed E-state index contributed by atoms with van der Waals surface area (Å²) in [5.41, 5.74) is 6.74. The predicted octanol–water partition coefficient (Wildman–Crippen LogP) is 3.03. The average molecular weight is 456 g/mol. The van der Waals surface area contributed by atoms with Crippen molar-refractivity contribution >= 4 is 35.0 Å². The van der Waals surface area contributed by atoms with Gasteiger partial charge < -0.3 is 21.1 Å². The second-order valence-corrected chi connectivity index (χ2v) is 7.02. The highest BCUT2D eigenvalue weighted by molar-refractivity contribution is 6.34. The molecule has 0 radical (unpaired) electrons. The Morgan fingerprint density at radius 1 is 1.09 bits per heavy atom. The maximum Gasteiger partial charge on any atom is 0.272 e. The van der Waals surface area contributed by atoms with E-state index in [0.29, 0.717) is 35.8 Å². The maximum absolute atomic E-state index is 12.6. The minimum absolute atomic E-state index is 0.0334. The van der Waals surface area contributed by atoms with Crippen LogP contribution in [0.5, 0.6) is 5.75 Å². The van der Waals surface area contributed by atoms with Crippen LogP contribution in [0.3, 0.4) is 0 Å². The third kappa shape index (κ3) is 4.89. The van der Waals surface area contributed by atoms with Crippen LogP contribution in [0, 0.1) is 0 Å². The summed E-state index contributed by atoms with van der Waals surface area (Å²) in [4.78, 5) is 40.7. The number of hydrogen-bond acceptors (Lipinski definition) is 5. The molecule has 0 atom stereocenters. The minimum Gasteiger partial charge on any atom is -0.494 e. The molecule has 1 aromatic heterocycles. The molecule has 0 aliphatic rings. The number of carbonyl (C=O) groups excluding carboxylic acids is 3. The monoisotopic (exact) mass is 455 g/mol. The van der Waals surface area contributed by atoms with Crippen LogP contribution in [0.2, 0.25) is 5.02 Å². The Kier molecular flexibility index (Phi) is 7.11. The second kappa shape index (κ2) is 9.97. The lowest BCUT2D eigenvalue weighted by Crippen LogP contribution is -2.27. The number of primary amides is 1. The van der Waals surface area contributed by atoms with Crippen molar-refractivity contribution < 1.29 is 19.1 Å². The van der Waals surface area contributed by atoms with E-state index in [1.165, 1.54) is 10.9 Å². The van der Waals surface area contributed by atoms with Gasteiger partial charge >= 0.3 is 0 Å². The zero-order valence-corrected chi connectivity index (χ0v) is 18.3. The summed E-state index contributed by atoms with van der Waals surface area (Å²) in [5.74, 6) is -1.08. The van der Waals surface area contributed by atoms with Gasteiger partial charge in [-0.05, 0) is 56.3 Å². The quantitative estimate of drug-likeness (QED) is 0.481. The Bertz CT molecular complexity index is 1160. The smallest absolute Gasteiger partial charge is 0.272 e. The van der Waals surface area contributed by atoms with Gasteiger partial charge in [0.1, 0.15) is 17.8 Å². The highest BCUT2D eigenvalue weighted by Crippen LogP contribution is 2.24. The van der Waals surface area contributed by atoms with Gasteiger partial charge in [-0.25, -0.2) is 4.98 Å². The maximum atomic E-state index is 12.6. The van der Waals surface area contributed by atoms with E-state index in [2.05, 4.69) is 15.6 Å². The summed E-state index contributed by atoms with van der Waals surface area (Å²) in [6.45, 7) is 4.49. The van der Waals surface area contributed by atoms with Gasteiger partial charge in [-0.15, -0.1) is 0 Å². The molecule has 3 aromatic rings. The van der Waals surface area contributed by atoms with Crippen molar-refractivity contribution in [3.05, 3.63) is 70.8 Å². The fourth-order valence-corrected chi connectivity index (χ4v) is 3.29. The lowest BCUT2D eigenvalue weighted by molar-refractivity contribution is 0.0931. The molecule has 3 amide bonds. The van der Waals surface area contributed by atoms with Gasteiger partial charge in [0.2, 0.25) is 0 Å². The van der Waals surface area contributed by atoms with Crippen molar-refractivity contribution in [2.24, 2.45) is 5.73 Å². The van der Waals surface area contributed by atoms with Crippen molar-refractivity contribution in [3.8, 4) is 11.4 Å². The van der Waals surface area contributed by atoms with E-state index < -0.39 is 11.8 Å². The van der Waals surface area contributed by atoms with E-state index in [4.69, 9.17) is 22.1 Å². The normalized spacial score (nSPS) is 10.5. The first-order chi connectivity index (χ1) is 15.3. The number of halogens is 1. The molecule has 9 nitrogen and oxygen atoms in total. The first-order valence-corrected chi connectivity index (χ1v) is 10.2. The summed E-state index contributed by atoms with van der Waals surface area (Å²) >= 11 is 6.20. The molecule has 10 heteroatoms. The van der Waals surface area contributed by atoms with Crippen LogP contribution in [0.4, 0.5) is 5.69 Å². The van der Waals surface area contributed by atoms with Gasteiger partial charge in [0.05, 0.1) is 17.2 Å². The van der Waals surface area contributed by atoms with Crippen molar-refractivity contribution in [2.45, 2.75) is 13.8 Å². The first-order valence-electron chi connectivity index (χ1n) is 9.85. The lowest BCUT2D eigenvalue weighted by atomic mass is 10.2. The number of aromatic nitrogens is 2. The van der Waals surface area contributed by atoms with Crippen molar-refractivity contribution in [2.75, 3.05) is 18.5 Å². The average Bonchev–Trinajstić information content (AvgIpc) is 3.20. The second-order valence-electron chi connectivity index (χ2n) is 6.61. The zero-order valence-electron chi connectivity index (χ0n) is 17.5. The largest absolute Gasteiger partial charge is 0.494 e. The highest BCUT2D eigenvalue weighted by atomic mass is 35.5. The van der Waals surface area contributed by atoms with E-state index in [0.717, 1.165) is 0 Å². The molecule has 0 aliphatic heterocycles. The molecule has 0 saturated carbocycles. The standard InChI is InChI=1S/C22H22ClN5O4/c1-3-25-22(31)18-19(20(24)29)28(12-26-18)14-7-5-13(6-8-14)27-21(30)16-10-9-15(32-4-2)11-17(16)23/h5-12H,3-4H2,1-2H3,(H2,24,29)(H,25,31)(H,27,30). The number of anilines is 1. The van der Waals surface area contributed by atoms with Crippen LogP contribution < -0.4 is 21.1 Å². The Morgan fingerprint density at radius 2 is 1.81 bits per heavy atom. The number of nitrogens with zero attached hydrogens (tertiary/aromatic N) is 2. The molecule has 3 rings (SSSR count). The zero-order chi connectivity index (χ0) is 23.3. The van der Waals surface area contributed by atoms with Gasteiger partial charge in [0.25, 0.3) is 17.7 Å². The number of rotatable bonds is 8. The summed E-state index contributed by atoms with van der Waals surface area (Å²) in [6.07, 6.45) is 1.35. The van der Waals surface area contributed by atoms with Crippen molar-refractivity contribution in [1.82, 2.24) is 14.9 Å². The van der Waals surface area contributed by atoms with Gasteiger partial charge in [-0.3, -0.25) is 19.0 Å². The van der Waals surface area contributed by atoms with E-state index in [9.17, 15) is 14.4 Å². The molecule has 32 heavy (non-hydrogen) atoms. The van der Waals surface area contributed by atoms with Crippen LogP contribution in [-0.4, -0.2) is 40.4 Å². The van der Waals surface area contributed by atoms with Gasteiger partial charge in [0, 0.05) is 17.9 Å². The molecule has 0 saturated heterocycles. The first kappa shape index (κ1) is 22.8. The predicted molar refractivity (Wildman–Crippen MR) is 121 cm³/mol. The van der Waals surface area contributed by atoms with E-state index in [1.807, 2.05) is 6.92 Å². The Hall–Kier alpha value is -3.85. The number of nitrogens with one attached hydrogen (secondary N) is 2. The third-order valence-corrected chi connectivity index (χ3v) is 4.77. The molecule has 4 N–H and O–H groups in total. The fraction of sp³-hybridized carbons (Fsp3) is 0.182. The van der Waals surface area contributed by atoms with Crippen LogP contribution >= 0.6 is 11.6 Å². The fourth-order valence-electron chi connectivity index (χ4n) is 3.03. The molecule has 1 heterocycles. The van der Waals surface area contributed by atoms with Gasteiger partial charge in [-0.2, -0.15) is 0 Å².